The summed E-state index contributed by atoms with van der Waals surface area (Å²) in [5, 5.41) is 3.40. The monoisotopic (exact) mass is 367 g/mol. The molecule has 2 aromatic carbocycles. The summed E-state index contributed by atoms with van der Waals surface area (Å²) in [7, 11) is -3.19. The quantitative estimate of drug-likeness (QED) is 0.850. The summed E-state index contributed by atoms with van der Waals surface area (Å²) >= 11 is 3.48. The number of hydrogen-bond donors (Lipinski definition) is 1. The van der Waals surface area contributed by atoms with Crippen molar-refractivity contribution in [1.29, 1.82) is 0 Å². The van der Waals surface area contributed by atoms with Crippen molar-refractivity contribution in [3.8, 4) is 0 Å². The Bertz CT molecular complexity index is 729. The SMILES string of the molecule is CCC(Nc1cccc(S(C)(=O)=O)c1)c1cccc(Br)c1. The Morgan fingerprint density at radius 2 is 1.86 bits per heavy atom. The number of hydrogen-bond acceptors (Lipinski definition) is 3. The van der Waals surface area contributed by atoms with E-state index in [1.165, 1.54) is 6.26 Å². The highest BCUT2D eigenvalue weighted by Crippen LogP contribution is 2.26. The van der Waals surface area contributed by atoms with Crippen molar-refractivity contribution in [3.63, 3.8) is 0 Å². The lowest BCUT2D eigenvalue weighted by atomic mass is 10.0. The number of halogens is 1. The van der Waals surface area contributed by atoms with E-state index in [4.69, 9.17) is 0 Å². The van der Waals surface area contributed by atoms with Gasteiger partial charge in [0.25, 0.3) is 0 Å². The van der Waals surface area contributed by atoms with Crippen LogP contribution in [-0.2, 0) is 9.84 Å². The summed E-state index contributed by atoms with van der Waals surface area (Å²) in [6, 6.07) is 15.2. The van der Waals surface area contributed by atoms with Gasteiger partial charge in [0.2, 0.25) is 0 Å². The van der Waals surface area contributed by atoms with Crippen LogP contribution in [0.25, 0.3) is 0 Å². The molecule has 0 saturated carbocycles. The summed E-state index contributed by atoms with van der Waals surface area (Å²) in [4.78, 5) is 0.330. The molecule has 0 spiro atoms. The molecular weight excluding hydrogens is 350 g/mol. The second kappa shape index (κ2) is 6.62. The second-order valence-corrected chi connectivity index (χ2v) is 7.89. The largest absolute Gasteiger partial charge is 0.378 e. The van der Waals surface area contributed by atoms with Crippen LogP contribution >= 0.6 is 15.9 Å². The van der Waals surface area contributed by atoms with Crippen molar-refractivity contribution < 1.29 is 8.42 Å². The Kier molecular flexibility index (Phi) is 5.06. The molecule has 1 atom stereocenters. The van der Waals surface area contributed by atoms with Gasteiger partial charge in [-0.1, -0.05) is 41.1 Å². The summed E-state index contributed by atoms with van der Waals surface area (Å²) in [6.07, 6.45) is 2.12. The standard InChI is InChI=1S/C16H18BrNO2S/c1-3-16(12-6-4-7-13(17)10-12)18-14-8-5-9-15(11-14)21(2,19)20/h4-11,16,18H,3H2,1-2H3. The van der Waals surface area contributed by atoms with Crippen molar-refractivity contribution >= 4 is 31.5 Å². The van der Waals surface area contributed by atoms with Crippen LogP contribution in [0.5, 0.6) is 0 Å². The Morgan fingerprint density at radius 3 is 2.48 bits per heavy atom. The molecule has 0 aliphatic heterocycles. The fraction of sp³-hybridized carbons (Fsp3) is 0.250. The van der Waals surface area contributed by atoms with E-state index in [-0.39, 0.29) is 6.04 Å². The summed E-state index contributed by atoms with van der Waals surface area (Å²) in [5.41, 5.74) is 1.97. The van der Waals surface area contributed by atoms with E-state index in [1.54, 1.807) is 18.2 Å². The number of sulfone groups is 1. The first-order valence-electron chi connectivity index (χ1n) is 6.72. The zero-order valence-electron chi connectivity index (χ0n) is 12.0. The maximum absolute atomic E-state index is 11.6. The van der Waals surface area contributed by atoms with Crippen LogP contribution < -0.4 is 5.32 Å². The molecule has 0 saturated heterocycles. The Hall–Kier alpha value is -1.33. The minimum absolute atomic E-state index is 0.136. The highest BCUT2D eigenvalue weighted by atomic mass is 79.9. The highest BCUT2D eigenvalue weighted by molar-refractivity contribution is 9.10. The first-order valence-corrected chi connectivity index (χ1v) is 9.40. The van der Waals surface area contributed by atoms with Crippen molar-refractivity contribution in [2.45, 2.75) is 24.3 Å². The van der Waals surface area contributed by atoms with Crippen LogP contribution in [0.3, 0.4) is 0 Å². The first-order chi connectivity index (χ1) is 9.90. The van der Waals surface area contributed by atoms with E-state index in [2.05, 4.69) is 40.3 Å². The fourth-order valence-electron chi connectivity index (χ4n) is 2.16. The lowest BCUT2D eigenvalue weighted by Gasteiger charge is -2.19. The summed E-state index contributed by atoms with van der Waals surface area (Å²) < 4.78 is 24.3. The van der Waals surface area contributed by atoms with Gasteiger partial charge in [0, 0.05) is 16.4 Å². The van der Waals surface area contributed by atoms with Gasteiger partial charge in [-0.3, -0.25) is 0 Å². The van der Waals surface area contributed by atoms with Crippen LogP contribution in [0.4, 0.5) is 5.69 Å². The molecule has 0 aliphatic carbocycles. The third kappa shape index (κ3) is 4.32. The molecule has 0 bridgehead atoms. The third-order valence-electron chi connectivity index (χ3n) is 3.26. The minimum Gasteiger partial charge on any atom is -0.378 e. The number of rotatable bonds is 5. The molecule has 3 nitrogen and oxygen atoms in total. The molecule has 0 heterocycles. The van der Waals surface area contributed by atoms with Gasteiger partial charge in [0.15, 0.2) is 9.84 Å². The Balaban J connectivity index is 2.27. The van der Waals surface area contributed by atoms with Gasteiger partial charge in [-0.05, 0) is 42.3 Å². The van der Waals surface area contributed by atoms with Crippen molar-refractivity contribution in [2.75, 3.05) is 11.6 Å². The third-order valence-corrected chi connectivity index (χ3v) is 4.87. The minimum atomic E-state index is -3.19. The molecule has 2 rings (SSSR count). The zero-order chi connectivity index (χ0) is 15.5. The van der Waals surface area contributed by atoms with E-state index < -0.39 is 9.84 Å². The summed E-state index contributed by atoms with van der Waals surface area (Å²) in [6.45, 7) is 2.10. The van der Waals surface area contributed by atoms with Crippen molar-refractivity contribution in [2.24, 2.45) is 0 Å². The molecule has 112 valence electrons. The van der Waals surface area contributed by atoms with Gasteiger partial charge in [0.1, 0.15) is 0 Å². The molecule has 2 aromatic rings. The Morgan fingerprint density at radius 1 is 1.14 bits per heavy atom. The average molecular weight is 368 g/mol. The maximum atomic E-state index is 11.6. The number of nitrogens with one attached hydrogen (secondary N) is 1. The van der Waals surface area contributed by atoms with E-state index in [0.717, 1.165) is 22.1 Å². The summed E-state index contributed by atoms with van der Waals surface area (Å²) in [5.74, 6) is 0. The van der Waals surface area contributed by atoms with Gasteiger partial charge in [-0.15, -0.1) is 0 Å². The molecule has 0 amide bonds. The molecule has 0 aromatic heterocycles. The van der Waals surface area contributed by atoms with Crippen LogP contribution in [0.2, 0.25) is 0 Å². The average Bonchev–Trinajstić information content (AvgIpc) is 2.44. The number of anilines is 1. The van der Waals surface area contributed by atoms with Gasteiger partial charge in [0.05, 0.1) is 10.9 Å². The zero-order valence-corrected chi connectivity index (χ0v) is 14.4. The number of benzene rings is 2. The lowest BCUT2D eigenvalue weighted by Crippen LogP contribution is -2.10. The molecule has 0 fully saturated rings. The predicted molar refractivity (Wildman–Crippen MR) is 90.3 cm³/mol. The molecule has 0 aliphatic rings. The fourth-order valence-corrected chi connectivity index (χ4v) is 3.25. The smallest absolute Gasteiger partial charge is 0.175 e. The van der Waals surface area contributed by atoms with Gasteiger partial charge in [-0.2, -0.15) is 0 Å². The van der Waals surface area contributed by atoms with Gasteiger partial charge >= 0.3 is 0 Å². The normalized spacial score (nSPS) is 12.9. The van der Waals surface area contributed by atoms with Gasteiger partial charge < -0.3 is 5.32 Å². The van der Waals surface area contributed by atoms with Crippen LogP contribution in [0, 0.1) is 0 Å². The molecular formula is C16H18BrNO2S. The van der Waals surface area contributed by atoms with Crippen molar-refractivity contribution in [1.82, 2.24) is 0 Å². The molecule has 21 heavy (non-hydrogen) atoms. The van der Waals surface area contributed by atoms with Gasteiger partial charge in [-0.25, -0.2) is 8.42 Å². The first kappa shape index (κ1) is 16.0. The molecule has 1 unspecified atom stereocenters. The maximum Gasteiger partial charge on any atom is 0.175 e. The van der Waals surface area contributed by atoms with E-state index in [0.29, 0.717) is 4.90 Å². The van der Waals surface area contributed by atoms with E-state index >= 15 is 0 Å². The molecule has 1 N–H and O–H groups in total. The lowest BCUT2D eigenvalue weighted by molar-refractivity contribution is 0.602. The molecule has 5 heteroatoms. The highest BCUT2D eigenvalue weighted by Gasteiger charge is 2.12. The topological polar surface area (TPSA) is 46.2 Å². The van der Waals surface area contributed by atoms with Crippen LogP contribution in [0.15, 0.2) is 57.9 Å². The van der Waals surface area contributed by atoms with Crippen LogP contribution in [0.1, 0.15) is 24.9 Å². The molecule has 0 radical (unpaired) electrons. The predicted octanol–water partition coefficient (Wildman–Crippen LogP) is 4.42. The van der Waals surface area contributed by atoms with Crippen LogP contribution in [-0.4, -0.2) is 14.7 Å². The Labute approximate surface area is 134 Å². The van der Waals surface area contributed by atoms with E-state index in [9.17, 15) is 8.42 Å². The van der Waals surface area contributed by atoms with Crippen molar-refractivity contribution in [3.05, 3.63) is 58.6 Å². The van der Waals surface area contributed by atoms with E-state index in [1.807, 2.05) is 18.2 Å². The second-order valence-electron chi connectivity index (χ2n) is 4.96.